The summed E-state index contributed by atoms with van der Waals surface area (Å²) >= 11 is 0. The molecule has 4 heteroatoms. The number of anilines is 1. The molecule has 1 aliphatic rings. The Morgan fingerprint density at radius 3 is 2.89 bits per heavy atom. The van der Waals surface area contributed by atoms with E-state index in [-0.39, 0.29) is 5.91 Å². The normalized spacial score (nSPS) is 16.5. The lowest BCUT2D eigenvalue weighted by atomic mass is 10.1. The van der Waals surface area contributed by atoms with Crippen LogP contribution in [0.2, 0.25) is 0 Å². The van der Waals surface area contributed by atoms with E-state index in [1.54, 1.807) is 6.20 Å². The van der Waals surface area contributed by atoms with E-state index in [1.165, 1.54) is 19.3 Å². The fourth-order valence-corrected chi connectivity index (χ4v) is 2.29. The number of aryl methyl sites for hydroxylation is 1. The predicted molar refractivity (Wildman–Crippen MR) is 72.5 cm³/mol. The Morgan fingerprint density at radius 1 is 1.39 bits per heavy atom. The molecule has 0 bridgehead atoms. The molecule has 1 aliphatic heterocycles. The largest absolute Gasteiger partial charge is 0.326 e. The molecule has 1 N–H and O–H groups in total. The topological polar surface area (TPSA) is 45.2 Å². The molecule has 1 amide bonds. The Bertz CT molecular complexity index is 400. The van der Waals surface area contributed by atoms with Crippen molar-refractivity contribution in [3.8, 4) is 0 Å². The van der Waals surface area contributed by atoms with Crippen molar-refractivity contribution < 1.29 is 4.79 Å². The molecule has 2 rings (SSSR count). The fraction of sp³-hybridized carbons (Fsp3) is 0.571. The first-order valence-corrected chi connectivity index (χ1v) is 6.69. The van der Waals surface area contributed by atoms with Gasteiger partial charge < -0.3 is 10.2 Å². The average Bonchev–Trinajstić information content (AvgIpc) is 2.38. The minimum atomic E-state index is 0.0890. The first kappa shape index (κ1) is 13.0. The summed E-state index contributed by atoms with van der Waals surface area (Å²) in [6.07, 6.45) is 6.16. The van der Waals surface area contributed by atoms with Crippen LogP contribution in [0.3, 0.4) is 0 Å². The number of pyridine rings is 1. The van der Waals surface area contributed by atoms with E-state index in [1.807, 2.05) is 19.1 Å². The van der Waals surface area contributed by atoms with Crippen LogP contribution >= 0.6 is 0 Å². The zero-order valence-electron chi connectivity index (χ0n) is 11.0. The molecule has 0 spiro atoms. The predicted octanol–water partition coefficient (Wildman–Crippen LogP) is 2.20. The SMILES string of the molecule is Cc1cc(NC(=O)CCN2CCCCC2)ccn1. The van der Waals surface area contributed by atoms with Crippen molar-refractivity contribution in [1.82, 2.24) is 9.88 Å². The van der Waals surface area contributed by atoms with Gasteiger partial charge in [-0.25, -0.2) is 0 Å². The summed E-state index contributed by atoms with van der Waals surface area (Å²) in [5, 5.41) is 2.92. The quantitative estimate of drug-likeness (QED) is 0.887. The summed E-state index contributed by atoms with van der Waals surface area (Å²) in [7, 11) is 0. The van der Waals surface area contributed by atoms with Gasteiger partial charge in [-0.1, -0.05) is 6.42 Å². The van der Waals surface area contributed by atoms with Crippen LogP contribution in [-0.4, -0.2) is 35.4 Å². The van der Waals surface area contributed by atoms with Gasteiger partial charge in [0.15, 0.2) is 0 Å². The van der Waals surface area contributed by atoms with Crippen LogP contribution in [0, 0.1) is 6.92 Å². The Morgan fingerprint density at radius 2 is 2.17 bits per heavy atom. The monoisotopic (exact) mass is 247 g/mol. The molecule has 0 atom stereocenters. The zero-order valence-corrected chi connectivity index (χ0v) is 11.0. The minimum absolute atomic E-state index is 0.0890. The third-order valence-electron chi connectivity index (χ3n) is 3.28. The number of nitrogens with one attached hydrogen (secondary N) is 1. The fourth-order valence-electron chi connectivity index (χ4n) is 2.29. The molecule has 4 nitrogen and oxygen atoms in total. The molecule has 2 heterocycles. The van der Waals surface area contributed by atoms with E-state index in [9.17, 15) is 4.79 Å². The number of likely N-dealkylation sites (tertiary alicyclic amines) is 1. The van der Waals surface area contributed by atoms with Crippen molar-refractivity contribution in [2.45, 2.75) is 32.6 Å². The van der Waals surface area contributed by atoms with Gasteiger partial charge in [-0.3, -0.25) is 9.78 Å². The van der Waals surface area contributed by atoms with Crippen LogP contribution in [0.25, 0.3) is 0 Å². The van der Waals surface area contributed by atoms with E-state index < -0.39 is 0 Å². The van der Waals surface area contributed by atoms with E-state index in [4.69, 9.17) is 0 Å². The second kappa shape index (κ2) is 6.50. The van der Waals surface area contributed by atoms with Crippen LogP contribution < -0.4 is 5.32 Å². The van der Waals surface area contributed by atoms with Gasteiger partial charge in [-0.05, 0) is 45.0 Å². The number of aromatic nitrogens is 1. The molecule has 0 radical (unpaired) electrons. The van der Waals surface area contributed by atoms with E-state index in [2.05, 4.69) is 15.2 Å². The van der Waals surface area contributed by atoms with Gasteiger partial charge in [-0.2, -0.15) is 0 Å². The maximum atomic E-state index is 11.8. The Balaban J connectivity index is 1.74. The summed E-state index contributed by atoms with van der Waals surface area (Å²) in [5.74, 6) is 0.0890. The highest BCUT2D eigenvalue weighted by Crippen LogP contribution is 2.10. The maximum Gasteiger partial charge on any atom is 0.225 e. The summed E-state index contributed by atoms with van der Waals surface area (Å²) in [6.45, 7) is 5.07. The van der Waals surface area contributed by atoms with E-state index >= 15 is 0 Å². The summed E-state index contributed by atoms with van der Waals surface area (Å²) in [6, 6.07) is 3.71. The average molecular weight is 247 g/mol. The van der Waals surface area contributed by atoms with E-state index in [0.29, 0.717) is 6.42 Å². The van der Waals surface area contributed by atoms with Crippen molar-refractivity contribution in [2.24, 2.45) is 0 Å². The molecule has 0 unspecified atom stereocenters. The van der Waals surface area contributed by atoms with Crippen LogP contribution in [0.5, 0.6) is 0 Å². The Labute approximate surface area is 108 Å². The van der Waals surface area contributed by atoms with Crippen LogP contribution in [-0.2, 0) is 4.79 Å². The highest BCUT2D eigenvalue weighted by Gasteiger charge is 2.11. The highest BCUT2D eigenvalue weighted by atomic mass is 16.1. The molecule has 1 aromatic heterocycles. The molecule has 1 fully saturated rings. The van der Waals surface area contributed by atoms with Gasteiger partial charge in [0.2, 0.25) is 5.91 Å². The first-order chi connectivity index (χ1) is 8.74. The third kappa shape index (κ3) is 4.11. The molecule has 0 saturated carbocycles. The number of hydrogen-bond donors (Lipinski definition) is 1. The summed E-state index contributed by atoms with van der Waals surface area (Å²) < 4.78 is 0. The Kier molecular flexibility index (Phi) is 4.70. The number of nitrogens with zero attached hydrogens (tertiary/aromatic N) is 2. The number of rotatable bonds is 4. The number of piperidine rings is 1. The van der Waals surface area contributed by atoms with Gasteiger partial charge in [0.25, 0.3) is 0 Å². The number of carbonyl (C=O) groups excluding carboxylic acids is 1. The number of hydrogen-bond acceptors (Lipinski definition) is 3. The second-order valence-corrected chi connectivity index (χ2v) is 4.89. The van der Waals surface area contributed by atoms with E-state index in [0.717, 1.165) is 31.0 Å². The number of carbonyl (C=O) groups is 1. The van der Waals surface area contributed by atoms with Gasteiger partial charge in [0, 0.05) is 30.5 Å². The molecule has 0 aliphatic carbocycles. The molecule has 0 aromatic carbocycles. The van der Waals surface area contributed by atoms with Crippen molar-refractivity contribution >= 4 is 11.6 Å². The maximum absolute atomic E-state index is 11.8. The highest BCUT2D eigenvalue weighted by molar-refractivity contribution is 5.90. The minimum Gasteiger partial charge on any atom is -0.326 e. The lowest BCUT2D eigenvalue weighted by Gasteiger charge is -2.25. The summed E-state index contributed by atoms with van der Waals surface area (Å²) in [5.41, 5.74) is 1.76. The molecule has 18 heavy (non-hydrogen) atoms. The number of amides is 1. The third-order valence-corrected chi connectivity index (χ3v) is 3.28. The Hall–Kier alpha value is -1.42. The van der Waals surface area contributed by atoms with Crippen molar-refractivity contribution in [2.75, 3.05) is 25.0 Å². The standard InChI is InChI=1S/C14H21N3O/c1-12-11-13(5-7-15-12)16-14(18)6-10-17-8-3-2-4-9-17/h5,7,11H,2-4,6,8-10H2,1H3,(H,15,16,18). The molecular formula is C14H21N3O. The second-order valence-electron chi connectivity index (χ2n) is 4.89. The van der Waals surface area contributed by atoms with Crippen molar-refractivity contribution in [1.29, 1.82) is 0 Å². The smallest absolute Gasteiger partial charge is 0.225 e. The van der Waals surface area contributed by atoms with Crippen molar-refractivity contribution in [3.63, 3.8) is 0 Å². The van der Waals surface area contributed by atoms with Crippen molar-refractivity contribution in [3.05, 3.63) is 24.0 Å². The van der Waals surface area contributed by atoms with Gasteiger partial charge in [0.1, 0.15) is 0 Å². The zero-order chi connectivity index (χ0) is 12.8. The molecular weight excluding hydrogens is 226 g/mol. The van der Waals surface area contributed by atoms with Crippen LogP contribution in [0.1, 0.15) is 31.4 Å². The molecule has 1 aromatic rings. The lowest BCUT2D eigenvalue weighted by molar-refractivity contribution is -0.116. The first-order valence-electron chi connectivity index (χ1n) is 6.69. The van der Waals surface area contributed by atoms with Gasteiger partial charge in [-0.15, -0.1) is 0 Å². The van der Waals surface area contributed by atoms with Gasteiger partial charge >= 0.3 is 0 Å². The summed E-state index contributed by atoms with van der Waals surface area (Å²) in [4.78, 5) is 18.3. The van der Waals surface area contributed by atoms with Crippen LogP contribution in [0.4, 0.5) is 5.69 Å². The molecule has 1 saturated heterocycles. The molecule has 98 valence electrons. The van der Waals surface area contributed by atoms with Crippen LogP contribution in [0.15, 0.2) is 18.3 Å². The van der Waals surface area contributed by atoms with Gasteiger partial charge in [0.05, 0.1) is 0 Å². The lowest BCUT2D eigenvalue weighted by Crippen LogP contribution is -2.32.